The van der Waals surface area contributed by atoms with Crippen molar-refractivity contribution in [2.24, 2.45) is 0 Å². The third-order valence-electron chi connectivity index (χ3n) is 0.218. The number of halogens is 2. The molecule has 0 rings (SSSR count). The fourth-order valence-electron chi connectivity index (χ4n) is 0. The first-order chi connectivity index (χ1) is 4.94. The Bertz CT molecular complexity index is 301. The van der Waals surface area contributed by atoms with E-state index in [1.54, 1.807) is 0 Å². The Morgan fingerprint density at radius 1 is 0.929 bits per heavy atom. The van der Waals surface area contributed by atoms with Gasteiger partial charge in [0.25, 0.3) is 0 Å². The fourth-order valence-corrected chi connectivity index (χ4v) is 0. The summed E-state index contributed by atoms with van der Waals surface area (Å²) in [6.45, 7) is 0. The van der Waals surface area contributed by atoms with Gasteiger partial charge in [0.1, 0.15) is 10.1 Å². The first kappa shape index (κ1) is 26.4. The largest absolute Gasteiger partial charge is 2.00 e. The predicted octanol–water partition coefficient (Wildman–Crippen LogP) is -4.03. The van der Waals surface area contributed by atoms with Crippen LogP contribution < -0.4 is 29.6 Å². The predicted molar refractivity (Wildman–Crippen MR) is 57.8 cm³/mol. The van der Waals surface area contributed by atoms with Crippen LogP contribution in [-0.4, -0.2) is 80.6 Å². The monoisotopic (exact) mass is 604 g/mol. The van der Waals surface area contributed by atoms with E-state index in [1.807, 2.05) is 0 Å². The Kier molecular flexibility index (Phi) is 22.4. The van der Waals surface area contributed by atoms with Crippen LogP contribution in [0.2, 0.25) is 0 Å². The molecule has 0 aliphatic heterocycles. The maximum absolute atomic E-state index is 9.76. The van der Waals surface area contributed by atoms with Gasteiger partial charge in [0.15, 0.2) is 1.26 Å². The van der Waals surface area contributed by atoms with E-state index in [2.05, 4.69) is 0 Å². The topological polar surface area (TPSA) is 137 Å². The van der Waals surface area contributed by atoms with Crippen molar-refractivity contribution < 1.29 is 60.1 Å². The molecule has 13 heteroatoms. The second-order valence-corrected chi connectivity index (χ2v) is 10.0. The van der Waals surface area contributed by atoms with Gasteiger partial charge in [-0.1, -0.05) is 45.2 Å². The average Bonchev–Trinajstić information content (AvgIpc) is 1.55. The Labute approximate surface area is 172 Å². The van der Waals surface area contributed by atoms with Crippen LogP contribution >= 0.6 is 45.2 Å². The molecule has 0 unspecified atom stereocenters. The Morgan fingerprint density at radius 3 is 1.00 bits per heavy atom. The van der Waals surface area contributed by atoms with Crippen molar-refractivity contribution in [3.05, 3.63) is 0 Å². The van der Waals surface area contributed by atoms with Gasteiger partial charge in [-0.3, -0.25) is 8.42 Å². The van der Waals surface area contributed by atoms with Gasteiger partial charge in [-0.05, 0) is 0 Å². The third kappa shape index (κ3) is 36.0. The average molecular weight is 603 g/mol. The number of rotatable bonds is 1. The molecule has 0 radical (unpaired) electrons. The van der Waals surface area contributed by atoms with Crippen LogP contribution in [0.15, 0.2) is 0 Å². The molecule has 0 aromatic heterocycles. The van der Waals surface area contributed by atoms with E-state index in [4.69, 9.17) is 17.5 Å². The fraction of sp³-hybridized carbons (Fsp3) is 1.00. The summed E-state index contributed by atoms with van der Waals surface area (Å²) in [5.41, 5.74) is 0. The molecule has 0 atom stereocenters. The van der Waals surface area contributed by atoms with E-state index < -0.39 is 21.8 Å². The van der Waals surface area contributed by atoms with Crippen molar-refractivity contribution in [2.45, 2.75) is 1.26 Å². The first-order valence-electron chi connectivity index (χ1n) is 1.84. The smallest absolute Gasteiger partial charge is 0.759 e. The zero-order chi connectivity index (χ0) is 10.6. The van der Waals surface area contributed by atoms with Crippen molar-refractivity contribution in [2.75, 3.05) is 0 Å². The van der Waals surface area contributed by atoms with Crippen LogP contribution in [0.1, 0.15) is 0 Å². The van der Waals surface area contributed by atoms with Crippen LogP contribution in [0.25, 0.3) is 0 Å². The van der Waals surface area contributed by atoms with Crippen molar-refractivity contribution in [1.82, 2.24) is 0 Å². The summed E-state index contributed by atoms with van der Waals surface area (Å²) >= 11 is 3.07. The standard InChI is InChI=1S/CH2I2O3S.Ba.Na.H2O4S/c2-1(3)7(4,5)6;;;1-5(2,3)4/h1H,(H,4,5,6);;;(H2,1,2,3,4)/q;+2;+1;/p-3. The van der Waals surface area contributed by atoms with Gasteiger partial charge in [-0.25, -0.2) is 8.42 Å². The van der Waals surface area contributed by atoms with E-state index in [1.165, 1.54) is 45.2 Å². The van der Waals surface area contributed by atoms with Gasteiger partial charge in [-0.15, -0.1) is 0 Å². The van der Waals surface area contributed by atoms with E-state index in [0.29, 0.717) is 0 Å². The van der Waals surface area contributed by atoms with Crippen molar-refractivity contribution in [3.63, 3.8) is 0 Å². The Hall–Kier alpha value is 3.81. The minimum absolute atomic E-state index is 0. The number of hydrogen-bond donors (Lipinski definition) is 0. The molecule has 0 saturated heterocycles. The van der Waals surface area contributed by atoms with Crippen LogP contribution in [0.4, 0.5) is 0 Å². The minimum Gasteiger partial charge on any atom is -0.759 e. The summed E-state index contributed by atoms with van der Waals surface area (Å²) in [4.78, 5) is 0. The summed E-state index contributed by atoms with van der Waals surface area (Å²) in [5, 5.41) is 0. The van der Waals surface area contributed by atoms with E-state index >= 15 is 0 Å². The van der Waals surface area contributed by atoms with Crippen LogP contribution in [0.3, 0.4) is 0 Å². The van der Waals surface area contributed by atoms with Crippen LogP contribution in [0.5, 0.6) is 0 Å². The number of alkyl halides is 2. The Morgan fingerprint density at radius 2 is 1.00 bits per heavy atom. The molecule has 0 bridgehead atoms. The van der Waals surface area contributed by atoms with E-state index in [9.17, 15) is 13.0 Å². The van der Waals surface area contributed by atoms with Gasteiger partial charge in [0.2, 0.25) is 0 Å². The zero-order valence-corrected chi connectivity index (χ0v) is 19.1. The quantitative estimate of drug-likeness (QED) is 0.0980. The molecule has 0 N–H and O–H groups in total. The van der Waals surface area contributed by atoms with E-state index in [-0.39, 0.29) is 78.4 Å². The van der Waals surface area contributed by atoms with Crippen molar-refractivity contribution in [1.29, 1.82) is 0 Å². The summed E-state index contributed by atoms with van der Waals surface area (Å²) < 4.78 is 62.5. The molecule has 0 saturated carbocycles. The molecule has 7 nitrogen and oxygen atoms in total. The molecular weight excluding hydrogens is 602 g/mol. The maximum Gasteiger partial charge on any atom is 2.00 e. The molecule has 0 spiro atoms. The number of hydrogen-bond acceptors (Lipinski definition) is 7. The maximum atomic E-state index is 9.76. The molecule has 0 fully saturated rings. The summed E-state index contributed by atoms with van der Waals surface area (Å²) in [5.74, 6) is 0. The molecule has 0 aromatic carbocycles. The first-order valence-corrected chi connectivity index (χ1v) is 7.13. The third-order valence-corrected chi connectivity index (χ3v) is 4.39. The minimum atomic E-state index is -5.17. The molecule has 0 heterocycles. The van der Waals surface area contributed by atoms with Crippen molar-refractivity contribution in [3.8, 4) is 0 Å². The molecular formula is CHBaI2NaO7S2. The van der Waals surface area contributed by atoms with Gasteiger partial charge in [0, 0.05) is 10.4 Å². The normalized spacial score (nSPS) is 10.4. The molecule has 14 heavy (non-hydrogen) atoms. The van der Waals surface area contributed by atoms with Gasteiger partial charge >= 0.3 is 78.4 Å². The molecule has 76 valence electrons. The molecule has 0 aromatic rings. The molecule has 0 amide bonds. The SMILES string of the molecule is O=S(=O)([O-])C(I)I.O=S(=O)([O-])[O-].[Ba+2].[Na+]. The summed E-state index contributed by atoms with van der Waals surface area (Å²) in [6, 6.07) is 0. The summed E-state index contributed by atoms with van der Waals surface area (Å²) in [6.07, 6.45) is 0. The molecule has 0 aliphatic carbocycles. The van der Waals surface area contributed by atoms with Gasteiger partial charge in [0.05, 0.1) is 0 Å². The second kappa shape index (κ2) is 11.9. The Balaban J connectivity index is -0.0000000651. The van der Waals surface area contributed by atoms with Gasteiger partial charge < -0.3 is 13.7 Å². The van der Waals surface area contributed by atoms with E-state index in [0.717, 1.165) is 0 Å². The van der Waals surface area contributed by atoms with Gasteiger partial charge in [-0.2, -0.15) is 0 Å². The second-order valence-electron chi connectivity index (χ2n) is 1.16. The van der Waals surface area contributed by atoms with Crippen LogP contribution in [0, 0.1) is 0 Å². The molecule has 0 aliphatic rings. The van der Waals surface area contributed by atoms with Crippen LogP contribution in [-0.2, 0) is 20.5 Å². The summed E-state index contributed by atoms with van der Waals surface area (Å²) in [7, 11) is -9.18. The zero-order valence-electron chi connectivity index (χ0n) is 6.71. The van der Waals surface area contributed by atoms with Crippen molar-refractivity contribution >= 4 is 115 Å².